The topological polar surface area (TPSA) is 107 Å². The minimum atomic E-state index is -4.14. The van der Waals surface area contributed by atoms with Crippen LogP contribution in [0.15, 0.2) is 112 Å². The number of benzene rings is 3. The fourth-order valence-corrected chi connectivity index (χ4v) is 6.20. The molecule has 0 radical (unpaired) electrons. The molecule has 0 saturated heterocycles. The number of esters is 1. The van der Waals surface area contributed by atoms with Gasteiger partial charge in [0.15, 0.2) is 0 Å². The number of carbonyl (C=O) groups excluding carboxylic acids is 1. The third kappa shape index (κ3) is 5.94. The predicted molar refractivity (Wildman–Crippen MR) is 134 cm³/mol. The first-order valence-corrected chi connectivity index (χ1v) is 13.5. The second-order valence-corrected chi connectivity index (χ2v) is 11.3. The van der Waals surface area contributed by atoms with Crippen molar-refractivity contribution in [1.29, 1.82) is 0 Å². The second kappa shape index (κ2) is 10.8. The van der Waals surface area contributed by atoms with Gasteiger partial charge in [-0.15, -0.1) is 0 Å². The highest BCUT2D eigenvalue weighted by Gasteiger charge is 2.32. The third-order valence-electron chi connectivity index (χ3n) is 5.20. The molecule has 3 rings (SSSR count). The molecule has 35 heavy (non-hydrogen) atoms. The minimum Gasteiger partial charge on any atom is -0.465 e. The van der Waals surface area contributed by atoms with Crippen LogP contribution in [0, 0.1) is 6.92 Å². The van der Waals surface area contributed by atoms with Crippen LogP contribution in [0.3, 0.4) is 0 Å². The molecule has 182 valence electrons. The monoisotopic (exact) mass is 511 g/mol. The zero-order valence-corrected chi connectivity index (χ0v) is 20.8. The summed E-state index contributed by atoms with van der Waals surface area (Å²) in [6.07, 6.45) is 2.55. The number of rotatable bonds is 9. The fourth-order valence-electron chi connectivity index (χ4n) is 3.35. The van der Waals surface area contributed by atoms with E-state index in [4.69, 9.17) is 4.74 Å². The number of nitrogens with one attached hydrogen (secondary N) is 1. The molecule has 0 aliphatic carbocycles. The zero-order chi connectivity index (χ0) is 25.6. The number of aryl methyl sites for hydroxylation is 1. The van der Waals surface area contributed by atoms with Crippen molar-refractivity contribution < 1.29 is 26.4 Å². The number of sulfone groups is 1. The number of carbonyl (C=O) groups is 1. The van der Waals surface area contributed by atoms with Crippen LogP contribution < -0.4 is 4.72 Å². The maximum Gasteiger partial charge on any atom is 0.337 e. The molecule has 3 aromatic carbocycles. The summed E-state index contributed by atoms with van der Waals surface area (Å²) < 4.78 is 61.0. The number of hydrogen-bond donors (Lipinski definition) is 1. The van der Waals surface area contributed by atoms with Gasteiger partial charge >= 0.3 is 5.97 Å². The summed E-state index contributed by atoms with van der Waals surface area (Å²) in [5.74, 6) is -0.577. The molecule has 0 fully saturated rings. The molecule has 0 amide bonds. The highest BCUT2D eigenvalue weighted by molar-refractivity contribution is 7.95. The SMILES string of the molecule is C=C/C=C(/C(NS(=O)(=O)c1ccccc1)c1ccc(C(=O)OC)cc1)S(=O)(=O)c1ccc(C)cc1. The van der Waals surface area contributed by atoms with E-state index < -0.39 is 31.9 Å². The van der Waals surface area contributed by atoms with Crippen LogP contribution in [0.1, 0.15) is 27.5 Å². The number of ether oxygens (including phenoxy) is 1. The average Bonchev–Trinajstić information content (AvgIpc) is 2.86. The van der Waals surface area contributed by atoms with Gasteiger partial charge in [-0.05, 0) is 55.0 Å². The standard InChI is InChI=1S/C26H25NO6S2/c1-4-8-24(34(29,30)22-17-11-19(2)12-18-22)25(20-13-15-21(16-14-20)26(28)33-3)27-35(31,32)23-9-6-5-7-10-23/h4-18,25,27H,1H2,2-3H3/b24-8-. The molecule has 0 spiro atoms. The van der Waals surface area contributed by atoms with E-state index in [1.165, 1.54) is 67.8 Å². The molecule has 0 aromatic heterocycles. The van der Waals surface area contributed by atoms with E-state index in [1.54, 1.807) is 30.3 Å². The summed E-state index contributed by atoms with van der Waals surface area (Å²) in [6.45, 7) is 5.45. The number of hydrogen-bond acceptors (Lipinski definition) is 6. The van der Waals surface area contributed by atoms with E-state index in [9.17, 15) is 21.6 Å². The van der Waals surface area contributed by atoms with Crippen LogP contribution in [-0.4, -0.2) is 29.9 Å². The van der Waals surface area contributed by atoms with Crippen molar-refractivity contribution in [3.63, 3.8) is 0 Å². The summed E-state index contributed by atoms with van der Waals surface area (Å²) in [7, 11) is -7.03. The van der Waals surface area contributed by atoms with Crippen molar-refractivity contribution >= 4 is 25.8 Å². The Balaban J connectivity index is 2.18. The van der Waals surface area contributed by atoms with Crippen molar-refractivity contribution in [2.24, 2.45) is 0 Å². The Kier molecular flexibility index (Phi) is 8.06. The smallest absolute Gasteiger partial charge is 0.337 e. The Morgan fingerprint density at radius 3 is 2.03 bits per heavy atom. The van der Waals surface area contributed by atoms with Gasteiger partial charge in [-0.3, -0.25) is 0 Å². The highest BCUT2D eigenvalue weighted by atomic mass is 32.2. The Morgan fingerprint density at radius 2 is 1.49 bits per heavy atom. The molecule has 1 atom stereocenters. The Labute approximate surface area is 205 Å². The van der Waals surface area contributed by atoms with Crippen LogP contribution in [-0.2, 0) is 24.6 Å². The Bertz CT molecular complexity index is 1440. The van der Waals surface area contributed by atoms with Crippen molar-refractivity contribution in [1.82, 2.24) is 4.72 Å². The second-order valence-electron chi connectivity index (χ2n) is 7.60. The largest absolute Gasteiger partial charge is 0.465 e. The molecule has 0 saturated carbocycles. The van der Waals surface area contributed by atoms with E-state index in [2.05, 4.69) is 11.3 Å². The van der Waals surface area contributed by atoms with Gasteiger partial charge < -0.3 is 4.74 Å². The molecule has 9 heteroatoms. The minimum absolute atomic E-state index is 0.00582. The first-order valence-electron chi connectivity index (χ1n) is 10.5. The van der Waals surface area contributed by atoms with Crippen LogP contribution >= 0.6 is 0 Å². The average molecular weight is 512 g/mol. The van der Waals surface area contributed by atoms with Crippen LogP contribution in [0.2, 0.25) is 0 Å². The van der Waals surface area contributed by atoms with Gasteiger partial charge in [0, 0.05) is 0 Å². The number of methoxy groups -OCH3 is 1. The summed E-state index contributed by atoms with van der Waals surface area (Å²) >= 11 is 0. The van der Waals surface area contributed by atoms with Crippen LogP contribution in [0.5, 0.6) is 0 Å². The van der Waals surface area contributed by atoms with Crippen LogP contribution in [0.4, 0.5) is 0 Å². The van der Waals surface area contributed by atoms with Crippen molar-refractivity contribution in [3.05, 3.63) is 119 Å². The van der Waals surface area contributed by atoms with E-state index in [0.29, 0.717) is 5.56 Å². The van der Waals surface area contributed by atoms with Crippen LogP contribution in [0.25, 0.3) is 0 Å². The molecule has 7 nitrogen and oxygen atoms in total. The maximum absolute atomic E-state index is 13.7. The summed E-state index contributed by atoms with van der Waals surface area (Å²) in [6, 6.07) is 18.4. The fraction of sp³-hybridized carbons (Fsp3) is 0.115. The van der Waals surface area contributed by atoms with Gasteiger partial charge in [0.05, 0.1) is 33.4 Å². The maximum atomic E-state index is 13.7. The molecule has 1 N–H and O–H groups in total. The summed E-state index contributed by atoms with van der Waals surface area (Å²) in [5.41, 5.74) is 1.41. The summed E-state index contributed by atoms with van der Waals surface area (Å²) in [4.78, 5) is 11.6. The van der Waals surface area contributed by atoms with E-state index >= 15 is 0 Å². The number of sulfonamides is 1. The number of allylic oxidation sites excluding steroid dienone is 2. The summed E-state index contributed by atoms with van der Waals surface area (Å²) in [5, 5.41) is 0. The lowest BCUT2D eigenvalue weighted by Gasteiger charge is -2.23. The molecular weight excluding hydrogens is 486 g/mol. The van der Waals surface area contributed by atoms with Gasteiger partial charge in [-0.1, -0.05) is 60.7 Å². The quantitative estimate of drug-likeness (QED) is 0.338. The van der Waals surface area contributed by atoms with Crippen molar-refractivity contribution in [3.8, 4) is 0 Å². The normalized spacial score (nSPS) is 13.1. The zero-order valence-electron chi connectivity index (χ0n) is 19.2. The third-order valence-corrected chi connectivity index (χ3v) is 8.52. The predicted octanol–water partition coefficient (Wildman–Crippen LogP) is 4.35. The lowest BCUT2D eigenvalue weighted by Crippen LogP contribution is -2.32. The van der Waals surface area contributed by atoms with Gasteiger partial charge in [-0.25, -0.2) is 21.6 Å². The van der Waals surface area contributed by atoms with Gasteiger partial charge in [-0.2, -0.15) is 4.72 Å². The molecule has 3 aromatic rings. The molecule has 0 heterocycles. The van der Waals surface area contributed by atoms with E-state index in [1.807, 2.05) is 6.92 Å². The molecule has 0 aliphatic heterocycles. The van der Waals surface area contributed by atoms with Gasteiger partial charge in [0.1, 0.15) is 0 Å². The first-order chi connectivity index (χ1) is 16.6. The molecular formula is C26H25NO6S2. The first kappa shape index (κ1) is 26.1. The Morgan fingerprint density at radius 1 is 0.886 bits per heavy atom. The lowest BCUT2D eigenvalue weighted by molar-refractivity contribution is 0.0600. The van der Waals surface area contributed by atoms with Gasteiger partial charge in [0.2, 0.25) is 19.9 Å². The van der Waals surface area contributed by atoms with Crippen molar-refractivity contribution in [2.45, 2.75) is 22.8 Å². The molecule has 1 unspecified atom stereocenters. The van der Waals surface area contributed by atoms with Crippen molar-refractivity contribution in [2.75, 3.05) is 7.11 Å². The van der Waals surface area contributed by atoms with E-state index in [-0.39, 0.29) is 20.3 Å². The molecule has 0 bridgehead atoms. The Hall–Kier alpha value is -3.53. The van der Waals surface area contributed by atoms with Gasteiger partial charge in [0.25, 0.3) is 0 Å². The highest BCUT2D eigenvalue weighted by Crippen LogP contribution is 2.33. The molecule has 0 aliphatic rings. The lowest BCUT2D eigenvalue weighted by atomic mass is 10.0. The van der Waals surface area contributed by atoms with E-state index in [0.717, 1.165) is 5.56 Å².